The molecule has 1 aliphatic rings. The summed E-state index contributed by atoms with van der Waals surface area (Å²) in [4.78, 5) is 28.8. The van der Waals surface area contributed by atoms with Gasteiger partial charge in [-0.2, -0.15) is 0 Å². The van der Waals surface area contributed by atoms with Gasteiger partial charge in [0.05, 0.1) is 0 Å². The molecule has 2 heterocycles. The molecule has 3 rings (SSSR count). The van der Waals surface area contributed by atoms with Crippen molar-refractivity contribution in [3.8, 4) is 22.4 Å². The Morgan fingerprint density at radius 3 is 2.88 bits per heavy atom. The summed E-state index contributed by atoms with van der Waals surface area (Å²) >= 11 is 7.12. The third-order valence-corrected chi connectivity index (χ3v) is 5.16. The van der Waals surface area contributed by atoms with E-state index in [0.29, 0.717) is 22.7 Å². The molecule has 1 aliphatic heterocycles. The molecule has 0 radical (unpaired) electrons. The highest BCUT2D eigenvalue weighted by atomic mass is 35.5. The number of hydrogen-bond acceptors (Lipinski definition) is 5. The van der Waals surface area contributed by atoms with Gasteiger partial charge in [-0.15, -0.1) is 11.3 Å². The van der Waals surface area contributed by atoms with Gasteiger partial charge in [0.15, 0.2) is 5.69 Å². The van der Waals surface area contributed by atoms with Gasteiger partial charge in [0, 0.05) is 31.1 Å². The van der Waals surface area contributed by atoms with Gasteiger partial charge in [-0.1, -0.05) is 35.6 Å². The Bertz CT molecular complexity index is 931. The molecule has 0 spiro atoms. The summed E-state index contributed by atoms with van der Waals surface area (Å²) in [5.74, 6) is 4.42. The minimum absolute atomic E-state index is 0.0343. The molecule has 1 aromatic heterocycles. The predicted octanol–water partition coefficient (Wildman–Crippen LogP) is 1.51. The predicted molar refractivity (Wildman–Crippen MR) is 95.2 cm³/mol. The minimum Gasteiger partial charge on any atom is -0.369 e. The Balaban J connectivity index is 1.91. The number of nitrogens with zero attached hydrogens (tertiary/aromatic N) is 2. The lowest BCUT2D eigenvalue weighted by molar-refractivity contribution is -0.137. The average molecular weight is 376 g/mol. The van der Waals surface area contributed by atoms with Gasteiger partial charge in [-0.25, -0.2) is 4.98 Å². The van der Waals surface area contributed by atoms with Crippen LogP contribution in [0.1, 0.15) is 22.5 Å². The van der Waals surface area contributed by atoms with E-state index in [1.165, 1.54) is 4.90 Å². The highest BCUT2D eigenvalue weighted by Gasteiger charge is 2.42. The summed E-state index contributed by atoms with van der Waals surface area (Å²) in [6.45, 7) is 0.470. The van der Waals surface area contributed by atoms with Crippen LogP contribution in [0, 0.1) is 11.8 Å². The van der Waals surface area contributed by atoms with Gasteiger partial charge in [-0.05, 0) is 12.1 Å². The van der Waals surface area contributed by atoms with Crippen molar-refractivity contribution in [2.24, 2.45) is 5.73 Å². The van der Waals surface area contributed by atoms with Crippen LogP contribution in [0.2, 0.25) is 4.34 Å². The maximum atomic E-state index is 11.9. The summed E-state index contributed by atoms with van der Waals surface area (Å²) in [5, 5.41) is 10.9. The lowest BCUT2D eigenvalue weighted by Crippen LogP contribution is -2.37. The molecule has 1 saturated heterocycles. The van der Waals surface area contributed by atoms with E-state index >= 15 is 0 Å². The topological polar surface area (TPSA) is 96.5 Å². The Hall–Kier alpha value is -2.40. The van der Waals surface area contributed by atoms with Crippen LogP contribution in [-0.2, 0) is 4.79 Å². The third kappa shape index (κ3) is 3.37. The second kappa shape index (κ2) is 6.48. The Labute approximate surface area is 153 Å². The summed E-state index contributed by atoms with van der Waals surface area (Å²) < 4.78 is 0.230. The minimum atomic E-state index is -1.64. The molecule has 2 amide bonds. The van der Waals surface area contributed by atoms with Crippen molar-refractivity contribution >= 4 is 34.8 Å². The number of rotatable bonds is 2. The van der Waals surface area contributed by atoms with Crippen molar-refractivity contribution in [1.29, 1.82) is 0 Å². The molecule has 1 atom stereocenters. The maximum Gasteiger partial charge on any atom is 0.269 e. The molecule has 0 bridgehead atoms. The molecule has 6 nitrogen and oxygen atoms in total. The molecule has 0 saturated carbocycles. The van der Waals surface area contributed by atoms with Gasteiger partial charge in [0.1, 0.15) is 9.34 Å². The van der Waals surface area contributed by atoms with E-state index in [9.17, 15) is 14.7 Å². The second-order valence-corrected chi connectivity index (χ2v) is 7.27. The number of likely N-dealkylation sites (tertiary alicyclic amines) is 1. The number of benzene rings is 1. The number of halogens is 1. The number of aliphatic hydroxyl groups is 1. The smallest absolute Gasteiger partial charge is 0.269 e. The molecular formula is C17H14ClN3O3S. The number of primary amides is 1. The molecular weight excluding hydrogens is 362 g/mol. The number of carbonyl (C=O) groups is 2. The van der Waals surface area contributed by atoms with Crippen LogP contribution >= 0.6 is 22.9 Å². The molecule has 0 unspecified atom stereocenters. The van der Waals surface area contributed by atoms with E-state index in [4.69, 9.17) is 17.3 Å². The van der Waals surface area contributed by atoms with Crippen molar-refractivity contribution < 1.29 is 14.7 Å². The quantitative estimate of drug-likeness (QED) is 0.777. The molecule has 25 heavy (non-hydrogen) atoms. The zero-order valence-electron chi connectivity index (χ0n) is 13.2. The van der Waals surface area contributed by atoms with Gasteiger partial charge < -0.3 is 15.7 Å². The number of amides is 2. The van der Waals surface area contributed by atoms with Crippen molar-refractivity contribution in [3.63, 3.8) is 0 Å². The Morgan fingerprint density at radius 1 is 1.52 bits per heavy atom. The van der Waals surface area contributed by atoms with Gasteiger partial charge in [0.25, 0.3) is 11.8 Å². The van der Waals surface area contributed by atoms with Crippen molar-refractivity contribution in [2.45, 2.75) is 12.0 Å². The first-order valence-corrected chi connectivity index (χ1v) is 8.57. The summed E-state index contributed by atoms with van der Waals surface area (Å²) in [6.07, 6.45) is 0.277. The van der Waals surface area contributed by atoms with Crippen LogP contribution in [0.3, 0.4) is 0 Å². The Kier molecular flexibility index (Phi) is 4.52. The zero-order chi connectivity index (χ0) is 18.2. The number of thiazole rings is 1. The van der Waals surface area contributed by atoms with Gasteiger partial charge in [-0.3, -0.25) is 9.59 Å². The first kappa shape index (κ1) is 17.4. The fourth-order valence-electron chi connectivity index (χ4n) is 2.45. The van der Waals surface area contributed by atoms with Crippen molar-refractivity contribution in [1.82, 2.24) is 9.88 Å². The number of aromatic nitrogens is 1. The molecule has 1 fully saturated rings. The number of hydrogen-bond donors (Lipinski definition) is 2. The van der Waals surface area contributed by atoms with Gasteiger partial charge in [0.2, 0.25) is 5.60 Å². The lowest BCUT2D eigenvalue weighted by Gasteiger charge is -2.13. The zero-order valence-corrected chi connectivity index (χ0v) is 14.8. The van der Waals surface area contributed by atoms with Crippen LogP contribution in [0.15, 0.2) is 24.3 Å². The first-order chi connectivity index (χ1) is 11.8. The van der Waals surface area contributed by atoms with E-state index < -0.39 is 17.4 Å². The fraction of sp³-hybridized carbons (Fsp3) is 0.235. The molecule has 0 aliphatic carbocycles. The lowest BCUT2D eigenvalue weighted by atomic mass is 10.0. The van der Waals surface area contributed by atoms with E-state index in [0.717, 1.165) is 11.3 Å². The maximum absolute atomic E-state index is 11.9. The number of carbonyl (C=O) groups excluding carboxylic acids is 2. The molecule has 8 heteroatoms. The van der Waals surface area contributed by atoms with Crippen LogP contribution in [0.4, 0.5) is 0 Å². The fourth-order valence-corrected chi connectivity index (χ4v) is 3.60. The standard InChI is InChI=1S/C17H14ClN3O3S/c1-21-8-7-17(24,16(21)23)6-5-10-3-2-4-11(9-10)15-20-12(14(19)22)13(18)25-15/h2-4,9,24H,7-8H2,1H3,(H2,19,22)/t17-/m0/s1. The monoisotopic (exact) mass is 375 g/mol. The van der Waals surface area contributed by atoms with Crippen LogP contribution < -0.4 is 5.73 Å². The highest BCUT2D eigenvalue weighted by Crippen LogP contribution is 2.32. The normalized spacial score (nSPS) is 19.6. The molecule has 128 valence electrons. The largest absolute Gasteiger partial charge is 0.369 e. The van der Waals surface area contributed by atoms with Crippen LogP contribution in [0.5, 0.6) is 0 Å². The second-order valence-electron chi connectivity index (χ2n) is 5.67. The highest BCUT2D eigenvalue weighted by molar-refractivity contribution is 7.19. The summed E-state index contributed by atoms with van der Waals surface area (Å²) in [5.41, 5.74) is 4.94. The first-order valence-electron chi connectivity index (χ1n) is 7.38. The van der Waals surface area contributed by atoms with E-state index in [-0.39, 0.29) is 16.5 Å². The van der Waals surface area contributed by atoms with E-state index in [1.807, 2.05) is 0 Å². The third-order valence-electron chi connectivity index (χ3n) is 3.85. The van der Waals surface area contributed by atoms with Crippen molar-refractivity contribution in [3.05, 3.63) is 39.9 Å². The molecule has 3 N–H and O–H groups in total. The van der Waals surface area contributed by atoms with Gasteiger partial charge >= 0.3 is 0 Å². The van der Waals surface area contributed by atoms with Crippen molar-refractivity contribution in [2.75, 3.05) is 13.6 Å². The van der Waals surface area contributed by atoms with Crippen LogP contribution in [0.25, 0.3) is 10.6 Å². The molecule has 2 aromatic rings. The molecule has 1 aromatic carbocycles. The van der Waals surface area contributed by atoms with Crippen LogP contribution in [-0.4, -0.2) is 46.0 Å². The van der Waals surface area contributed by atoms with E-state index in [2.05, 4.69) is 16.8 Å². The summed E-state index contributed by atoms with van der Waals surface area (Å²) in [6, 6.07) is 7.08. The van der Waals surface area contributed by atoms with E-state index in [1.54, 1.807) is 31.3 Å². The SMILES string of the molecule is CN1CC[C@@](O)(C#Cc2cccc(-c3nc(C(N)=O)c(Cl)s3)c2)C1=O. The Morgan fingerprint density at radius 2 is 2.28 bits per heavy atom. The number of nitrogens with two attached hydrogens (primary N) is 1. The summed E-state index contributed by atoms with van der Waals surface area (Å²) in [7, 11) is 1.63. The average Bonchev–Trinajstić information content (AvgIpc) is 3.10. The number of likely N-dealkylation sites (N-methyl/N-ethyl adjacent to an activating group) is 1.